The molecule has 0 aliphatic heterocycles. The second kappa shape index (κ2) is 9.64. The average Bonchev–Trinajstić information content (AvgIpc) is 3.28. The van der Waals surface area contributed by atoms with Crippen molar-refractivity contribution in [3.8, 4) is 0 Å². The summed E-state index contributed by atoms with van der Waals surface area (Å²) in [5, 5.41) is 0. The monoisotopic (exact) mass is 404 g/mol. The molecule has 29 heavy (non-hydrogen) atoms. The van der Waals surface area contributed by atoms with Crippen LogP contribution in [0.3, 0.4) is 0 Å². The molecule has 1 fully saturated rings. The van der Waals surface area contributed by atoms with Crippen molar-refractivity contribution < 1.29 is 0 Å². The van der Waals surface area contributed by atoms with Gasteiger partial charge >= 0.3 is 16.5 Å². The van der Waals surface area contributed by atoms with Crippen LogP contribution < -0.4 is 0 Å². The summed E-state index contributed by atoms with van der Waals surface area (Å²) < 4.78 is 2.64. The predicted molar refractivity (Wildman–Crippen MR) is 116 cm³/mol. The van der Waals surface area contributed by atoms with Gasteiger partial charge in [-0.15, -0.1) is 0 Å². The van der Waals surface area contributed by atoms with Crippen LogP contribution in [0.5, 0.6) is 0 Å². The van der Waals surface area contributed by atoms with E-state index < -0.39 is 0 Å². The van der Waals surface area contributed by atoms with Gasteiger partial charge in [-0.25, -0.2) is 4.98 Å². The summed E-state index contributed by atoms with van der Waals surface area (Å²) in [5.41, 5.74) is 2.27. The molecule has 1 aliphatic carbocycles. The third kappa shape index (κ3) is 4.93. The number of nitrogens with one attached hydrogen (secondary N) is 1. The molecule has 0 radical (unpaired) electrons. The Bertz CT molecular complexity index is 850. The van der Waals surface area contributed by atoms with E-state index in [1.807, 2.05) is 36.9 Å². The summed E-state index contributed by atoms with van der Waals surface area (Å²) in [6.45, 7) is 2.51. The minimum absolute atomic E-state index is 0.0201. The van der Waals surface area contributed by atoms with Crippen LogP contribution in [0, 0.1) is 0 Å². The second-order valence-electron chi connectivity index (χ2n) is 7.93. The van der Waals surface area contributed by atoms with E-state index in [0.717, 1.165) is 53.4 Å². The molecule has 1 N–H and O–H groups in total. The molecule has 7 heteroatoms. The largest absolute Gasteiger partial charge is 0.369 e. The molecule has 0 aromatic carbocycles. The fourth-order valence-electron chi connectivity index (χ4n) is 4.54. The summed E-state index contributed by atoms with van der Waals surface area (Å²) in [6, 6.07) is 12.4. The van der Waals surface area contributed by atoms with Crippen LogP contribution in [0.15, 0.2) is 61.2 Å². The van der Waals surface area contributed by atoms with E-state index in [-0.39, 0.29) is 5.66 Å². The predicted octanol–water partition coefficient (Wildman–Crippen LogP) is 2.91. The van der Waals surface area contributed by atoms with E-state index >= 15 is 0 Å². The van der Waals surface area contributed by atoms with E-state index in [0.29, 0.717) is 0 Å². The molecule has 4 rings (SSSR count). The Labute approximate surface area is 181 Å². The molecular formula is C22H29AlN6. The first-order chi connectivity index (χ1) is 14.3. The maximum atomic E-state index is 4.63. The molecule has 0 spiro atoms. The molecule has 0 amide bonds. The standard InChI is InChI=1S/C22H27N6.Al.2H/c1-4-10-22(11-5-1,27-16-19-8-2-6-12-23-19)28(18-21-25-14-15-26-21)17-20-9-3-7-13-24-20;;;/h2-3,6-9,12-15H,1,4-5,10-11,16-18H2,(H,25,26);;;/q-1;+1;;. The number of imidazole rings is 1. The molecule has 3 heterocycles. The van der Waals surface area contributed by atoms with Crippen molar-refractivity contribution in [2.24, 2.45) is 0 Å². The lowest BCUT2D eigenvalue weighted by molar-refractivity contribution is -0.0577. The summed E-state index contributed by atoms with van der Waals surface area (Å²) >= 11 is 0.978. The number of H-pyrrole nitrogens is 1. The fourth-order valence-corrected chi connectivity index (χ4v) is 5.60. The number of hydrogen-bond donors (Lipinski definition) is 1. The van der Waals surface area contributed by atoms with Gasteiger partial charge in [0.2, 0.25) is 0 Å². The SMILES string of the molecule is [AlH2][N](Cc1ccccn1)C1(N(Cc2ccccn2)Cc2ncc[nH]2)CCCCC1. The lowest BCUT2D eigenvalue weighted by Crippen LogP contribution is -2.60. The molecule has 1 aliphatic rings. The lowest BCUT2D eigenvalue weighted by Gasteiger charge is -2.53. The quantitative estimate of drug-likeness (QED) is 0.462. The number of hydrogen-bond acceptors (Lipinski definition) is 5. The van der Waals surface area contributed by atoms with E-state index in [4.69, 9.17) is 0 Å². The van der Waals surface area contributed by atoms with Gasteiger partial charge < -0.3 is 8.87 Å². The topological polar surface area (TPSA) is 60.9 Å². The van der Waals surface area contributed by atoms with Gasteiger partial charge in [0.05, 0.1) is 23.6 Å². The third-order valence-corrected chi connectivity index (χ3v) is 7.20. The van der Waals surface area contributed by atoms with Gasteiger partial charge in [-0.05, 0) is 37.1 Å². The van der Waals surface area contributed by atoms with Crippen LogP contribution in [-0.4, -0.2) is 50.9 Å². The van der Waals surface area contributed by atoms with Crippen molar-refractivity contribution in [3.63, 3.8) is 0 Å². The minimum Gasteiger partial charge on any atom is -0.369 e. The molecule has 1 saturated carbocycles. The van der Waals surface area contributed by atoms with E-state index in [9.17, 15) is 0 Å². The molecule has 0 atom stereocenters. The zero-order valence-electron chi connectivity index (χ0n) is 17.2. The third-order valence-electron chi connectivity index (χ3n) is 6.05. The smallest absolute Gasteiger partial charge is 0.324 e. The highest BCUT2D eigenvalue weighted by Gasteiger charge is 2.41. The van der Waals surface area contributed by atoms with E-state index in [2.05, 4.69) is 53.0 Å². The Kier molecular flexibility index (Phi) is 6.73. The molecular weight excluding hydrogens is 375 g/mol. The van der Waals surface area contributed by atoms with Gasteiger partial charge in [-0.2, -0.15) is 0 Å². The maximum absolute atomic E-state index is 4.63. The van der Waals surface area contributed by atoms with Gasteiger partial charge in [0.25, 0.3) is 0 Å². The second-order valence-corrected chi connectivity index (χ2v) is 9.01. The number of nitrogens with zero attached hydrogens (tertiary/aromatic N) is 5. The molecule has 3 aromatic rings. The Morgan fingerprint density at radius 2 is 1.52 bits per heavy atom. The van der Waals surface area contributed by atoms with Crippen LogP contribution in [0.25, 0.3) is 0 Å². The number of aromatic nitrogens is 4. The van der Waals surface area contributed by atoms with Crippen molar-refractivity contribution in [2.45, 2.75) is 57.4 Å². The molecule has 150 valence electrons. The summed E-state index contributed by atoms with van der Waals surface area (Å²) in [4.78, 5) is 19.7. The van der Waals surface area contributed by atoms with Crippen molar-refractivity contribution in [1.82, 2.24) is 28.7 Å². The molecule has 0 saturated heterocycles. The summed E-state index contributed by atoms with van der Waals surface area (Å²) in [6.07, 6.45) is 13.7. The Morgan fingerprint density at radius 3 is 2.10 bits per heavy atom. The van der Waals surface area contributed by atoms with Crippen LogP contribution in [0.1, 0.15) is 49.3 Å². The lowest BCUT2D eigenvalue weighted by atomic mass is 9.86. The van der Waals surface area contributed by atoms with Crippen LogP contribution in [0.4, 0.5) is 0 Å². The first-order valence-electron chi connectivity index (χ1n) is 10.5. The molecule has 0 bridgehead atoms. The molecule has 0 unspecified atom stereocenters. The van der Waals surface area contributed by atoms with Crippen molar-refractivity contribution >= 4 is 16.5 Å². The normalized spacial score (nSPS) is 16.3. The van der Waals surface area contributed by atoms with Gasteiger partial charge in [-0.1, -0.05) is 31.4 Å². The minimum atomic E-state index is 0.0201. The average molecular weight is 404 g/mol. The highest BCUT2D eigenvalue weighted by Crippen LogP contribution is 2.38. The van der Waals surface area contributed by atoms with Gasteiger partial charge in [0, 0.05) is 37.9 Å². The Balaban J connectivity index is 1.65. The van der Waals surface area contributed by atoms with Gasteiger partial charge in [-0.3, -0.25) is 14.9 Å². The van der Waals surface area contributed by atoms with Gasteiger partial charge in [0.1, 0.15) is 5.82 Å². The molecule has 3 aromatic heterocycles. The molecule has 6 nitrogen and oxygen atoms in total. The van der Waals surface area contributed by atoms with Crippen LogP contribution in [0.2, 0.25) is 0 Å². The van der Waals surface area contributed by atoms with Crippen LogP contribution in [-0.2, 0) is 19.6 Å². The number of pyridine rings is 2. The van der Waals surface area contributed by atoms with Crippen LogP contribution >= 0.6 is 0 Å². The first-order valence-corrected chi connectivity index (χ1v) is 11.4. The fraction of sp³-hybridized carbons (Fsp3) is 0.409. The number of rotatable bonds is 8. The Morgan fingerprint density at radius 1 is 0.828 bits per heavy atom. The highest BCUT2D eigenvalue weighted by molar-refractivity contribution is 6.04. The van der Waals surface area contributed by atoms with E-state index in [1.54, 1.807) is 0 Å². The number of aromatic amines is 1. The van der Waals surface area contributed by atoms with Crippen molar-refractivity contribution in [1.29, 1.82) is 0 Å². The maximum Gasteiger partial charge on any atom is 0.324 e. The zero-order chi connectivity index (χ0) is 19.9. The first kappa shape index (κ1) is 20.2. The summed E-state index contributed by atoms with van der Waals surface area (Å²) in [7, 11) is 0. The van der Waals surface area contributed by atoms with Gasteiger partial charge in [0.15, 0.2) is 0 Å². The summed E-state index contributed by atoms with van der Waals surface area (Å²) in [5.74, 6) is 1.01. The van der Waals surface area contributed by atoms with Crippen molar-refractivity contribution in [2.75, 3.05) is 0 Å². The zero-order valence-corrected chi connectivity index (χ0v) is 19.2. The van der Waals surface area contributed by atoms with E-state index in [1.165, 1.54) is 32.1 Å². The van der Waals surface area contributed by atoms with Crippen molar-refractivity contribution in [3.05, 3.63) is 78.4 Å². The Hall–Kier alpha value is -2.04. The highest BCUT2D eigenvalue weighted by atomic mass is 27.1.